The zero-order valence-corrected chi connectivity index (χ0v) is 5.07. The Balaban J connectivity index is 2.23. The second-order valence-electron chi connectivity index (χ2n) is 1.81. The molecule has 0 aromatic rings. The molecule has 0 aromatic carbocycles. The molecule has 0 saturated carbocycles. The third kappa shape index (κ3) is 1.20. The number of hydrogen-bond donors (Lipinski definition) is 2. The number of aliphatic imine (C=N–C) groups is 1. The fraction of sp³-hybridized carbons (Fsp3) is 0.800. The number of rotatable bonds is 1. The van der Waals surface area contributed by atoms with Crippen LogP contribution in [0, 0.1) is 0 Å². The topological polar surface area (TPSA) is 36.4 Å². The minimum Gasteiger partial charge on any atom is -0.310 e. The summed E-state index contributed by atoms with van der Waals surface area (Å²) in [5.41, 5.74) is 5.77. The van der Waals surface area contributed by atoms with Gasteiger partial charge in [-0.25, -0.2) is 5.43 Å². The molecule has 0 spiro atoms. The quantitative estimate of drug-likeness (QED) is 0.466. The molecule has 1 aliphatic heterocycles. The van der Waals surface area contributed by atoms with Gasteiger partial charge < -0.3 is 5.43 Å². The van der Waals surface area contributed by atoms with Crippen LogP contribution in [0.3, 0.4) is 0 Å². The first-order valence-electron chi connectivity index (χ1n) is 2.89. The molecule has 0 amide bonds. The zero-order chi connectivity index (χ0) is 5.82. The van der Waals surface area contributed by atoms with Crippen molar-refractivity contribution in [1.29, 1.82) is 0 Å². The van der Waals surface area contributed by atoms with Crippen LogP contribution in [0.5, 0.6) is 0 Å². The number of hydrogen-bond acceptors (Lipinski definition) is 3. The van der Waals surface area contributed by atoms with Crippen molar-refractivity contribution < 1.29 is 0 Å². The molecule has 3 nitrogen and oxygen atoms in total. The van der Waals surface area contributed by atoms with Crippen molar-refractivity contribution in [3.63, 3.8) is 0 Å². The Hall–Kier alpha value is -0.570. The molecule has 0 bridgehead atoms. The van der Waals surface area contributed by atoms with E-state index in [1.807, 2.05) is 7.05 Å². The molecule has 1 rings (SSSR count). The minimum absolute atomic E-state index is 0.990. The summed E-state index contributed by atoms with van der Waals surface area (Å²) in [4.78, 5) is 4.17. The number of nitrogens with one attached hydrogen (secondary N) is 2. The van der Waals surface area contributed by atoms with Crippen LogP contribution >= 0.6 is 0 Å². The average Bonchev–Trinajstić information content (AvgIpc) is 2.19. The van der Waals surface area contributed by atoms with Gasteiger partial charge >= 0.3 is 0 Å². The van der Waals surface area contributed by atoms with Gasteiger partial charge in [0.05, 0.1) is 0 Å². The maximum Gasteiger partial charge on any atom is 0.110 e. The fourth-order valence-corrected chi connectivity index (χ4v) is 0.786. The molecule has 0 radical (unpaired) electrons. The van der Waals surface area contributed by atoms with Gasteiger partial charge in [0.25, 0.3) is 0 Å². The molecule has 1 aliphatic rings. The Morgan fingerprint density at radius 1 is 1.62 bits per heavy atom. The second kappa shape index (κ2) is 2.67. The van der Waals surface area contributed by atoms with Gasteiger partial charge in [0.2, 0.25) is 0 Å². The van der Waals surface area contributed by atoms with Crippen molar-refractivity contribution in [2.75, 3.05) is 13.6 Å². The molecule has 2 N–H and O–H groups in total. The van der Waals surface area contributed by atoms with Gasteiger partial charge in [0, 0.05) is 20.0 Å². The van der Waals surface area contributed by atoms with Gasteiger partial charge in [-0.2, -0.15) is 0 Å². The molecular formula is C5H11N3. The van der Waals surface area contributed by atoms with Crippen LogP contribution in [-0.4, -0.2) is 19.4 Å². The molecule has 0 fully saturated rings. The maximum atomic E-state index is 4.17. The smallest absolute Gasteiger partial charge is 0.110 e. The summed E-state index contributed by atoms with van der Waals surface area (Å²) in [7, 11) is 1.85. The van der Waals surface area contributed by atoms with E-state index in [-0.39, 0.29) is 0 Å². The van der Waals surface area contributed by atoms with Crippen LogP contribution in [-0.2, 0) is 0 Å². The maximum absolute atomic E-state index is 4.17. The van der Waals surface area contributed by atoms with Crippen LogP contribution in [0.15, 0.2) is 4.99 Å². The van der Waals surface area contributed by atoms with Crippen molar-refractivity contribution in [2.24, 2.45) is 4.99 Å². The normalized spacial score (nSPS) is 18.4. The molecule has 3 heteroatoms. The number of hydrazine groups is 1. The van der Waals surface area contributed by atoms with E-state index in [9.17, 15) is 0 Å². The molecule has 0 aromatic heterocycles. The van der Waals surface area contributed by atoms with Crippen LogP contribution in [0.1, 0.15) is 12.8 Å². The van der Waals surface area contributed by atoms with E-state index in [4.69, 9.17) is 0 Å². The van der Waals surface area contributed by atoms with E-state index < -0.39 is 0 Å². The van der Waals surface area contributed by atoms with Crippen LogP contribution in [0.4, 0.5) is 0 Å². The lowest BCUT2D eigenvalue weighted by Crippen LogP contribution is -2.32. The minimum atomic E-state index is 0.990. The number of amidine groups is 1. The Kier molecular flexibility index (Phi) is 1.86. The molecule has 0 aliphatic carbocycles. The van der Waals surface area contributed by atoms with Crippen molar-refractivity contribution in [3.8, 4) is 0 Å². The van der Waals surface area contributed by atoms with E-state index in [0.29, 0.717) is 0 Å². The van der Waals surface area contributed by atoms with Gasteiger partial charge in [-0.1, -0.05) is 0 Å². The Labute approximate surface area is 49.2 Å². The highest BCUT2D eigenvalue weighted by molar-refractivity contribution is 5.82. The van der Waals surface area contributed by atoms with Crippen LogP contribution in [0.2, 0.25) is 0 Å². The summed E-state index contributed by atoms with van der Waals surface area (Å²) in [5, 5.41) is 0. The summed E-state index contributed by atoms with van der Waals surface area (Å²) in [6.45, 7) is 0.990. The Morgan fingerprint density at radius 2 is 2.50 bits per heavy atom. The number of nitrogens with zero attached hydrogens (tertiary/aromatic N) is 1. The van der Waals surface area contributed by atoms with Crippen LogP contribution < -0.4 is 10.9 Å². The molecule has 8 heavy (non-hydrogen) atoms. The van der Waals surface area contributed by atoms with Gasteiger partial charge in [-0.3, -0.25) is 4.99 Å². The fourth-order valence-electron chi connectivity index (χ4n) is 0.786. The lowest BCUT2D eigenvalue weighted by molar-refractivity contribution is 0.758. The van der Waals surface area contributed by atoms with E-state index >= 15 is 0 Å². The highest BCUT2D eigenvalue weighted by Gasteiger charge is 2.02. The van der Waals surface area contributed by atoms with E-state index in [0.717, 1.165) is 18.8 Å². The highest BCUT2D eigenvalue weighted by Crippen LogP contribution is 1.99. The second-order valence-corrected chi connectivity index (χ2v) is 1.81. The Bertz CT molecular complexity index is 97.8. The van der Waals surface area contributed by atoms with Crippen molar-refractivity contribution in [2.45, 2.75) is 12.8 Å². The zero-order valence-electron chi connectivity index (χ0n) is 5.07. The summed E-state index contributed by atoms with van der Waals surface area (Å²) in [6, 6.07) is 0. The summed E-state index contributed by atoms with van der Waals surface area (Å²) in [6.07, 6.45) is 2.30. The summed E-state index contributed by atoms with van der Waals surface area (Å²) in [5.74, 6) is 1.09. The van der Waals surface area contributed by atoms with Crippen LogP contribution in [0.25, 0.3) is 0 Å². The lowest BCUT2D eigenvalue weighted by atomic mass is 10.3. The van der Waals surface area contributed by atoms with E-state index in [1.165, 1.54) is 6.42 Å². The van der Waals surface area contributed by atoms with Gasteiger partial charge in [-0.15, -0.1) is 0 Å². The molecular weight excluding hydrogens is 102 g/mol. The van der Waals surface area contributed by atoms with Crippen molar-refractivity contribution in [3.05, 3.63) is 0 Å². The molecule has 1 heterocycles. The third-order valence-corrected chi connectivity index (χ3v) is 1.14. The first-order valence-corrected chi connectivity index (χ1v) is 2.89. The SMILES string of the molecule is CNNC1=NCCC1. The lowest BCUT2D eigenvalue weighted by Gasteiger charge is -1.99. The standard InChI is InChI=1S/C5H11N3/c1-6-8-5-3-2-4-7-5/h6H,2-4H2,1H3,(H,7,8). The first kappa shape index (κ1) is 5.56. The molecule has 0 saturated heterocycles. The molecule has 0 unspecified atom stereocenters. The highest BCUT2D eigenvalue weighted by atomic mass is 15.4. The Morgan fingerprint density at radius 3 is 3.00 bits per heavy atom. The van der Waals surface area contributed by atoms with Crippen molar-refractivity contribution in [1.82, 2.24) is 10.9 Å². The third-order valence-electron chi connectivity index (χ3n) is 1.14. The summed E-state index contributed by atoms with van der Waals surface area (Å²) >= 11 is 0. The van der Waals surface area contributed by atoms with Crippen molar-refractivity contribution >= 4 is 5.84 Å². The van der Waals surface area contributed by atoms with Gasteiger partial charge in [0.1, 0.15) is 5.84 Å². The summed E-state index contributed by atoms with van der Waals surface area (Å²) < 4.78 is 0. The monoisotopic (exact) mass is 113 g/mol. The van der Waals surface area contributed by atoms with Gasteiger partial charge in [0.15, 0.2) is 0 Å². The van der Waals surface area contributed by atoms with Gasteiger partial charge in [-0.05, 0) is 6.42 Å². The van der Waals surface area contributed by atoms with E-state index in [1.54, 1.807) is 0 Å². The molecule has 46 valence electrons. The first-order chi connectivity index (χ1) is 3.93. The molecule has 0 atom stereocenters. The average molecular weight is 113 g/mol. The predicted octanol–water partition coefficient (Wildman–Crippen LogP) is -0.0973. The predicted molar refractivity (Wildman–Crippen MR) is 33.7 cm³/mol. The largest absolute Gasteiger partial charge is 0.310 e. The van der Waals surface area contributed by atoms with E-state index in [2.05, 4.69) is 15.8 Å².